The van der Waals surface area contributed by atoms with E-state index in [4.69, 9.17) is 4.74 Å². The predicted molar refractivity (Wildman–Crippen MR) is 57.3 cm³/mol. The van der Waals surface area contributed by atoms with Crippen LogP contribution in [0.1, 0.15) is 33.1 Å². The predicted octanol–water partition coefficient (Wildman–Crippen LogP) is 1.63. The number of hydrogen-bond donors (Lipinski definition) is 1. The minimum atomic E-state index is -1.85. The Kier molecular flexibility index (Phi) is 6.99. The van der Waals surface area contributed by atoms with Crippen molar-refractivity contribution in [1.82, 2.24) is 0 Å². The normalized spacial score (nSPS) is 14.3. The maximum Gasteiger partial charge on any atom is 0.366 e. The topological polar surface area (TPSA) is 55.8 Å². The van der Waals surface area contributed by atoms with Crippen LogP contribution in [0.5, 0.6) is 0 Å². The molecule has 0 fully saturated rings. The highest BCUT2D eigenvalue weighted by molar-refractivity contribution is 5.77. The van der Waals surface area contributed by atoms with Crippen molar-refractivity contribution in [1.29, 1.82) is 0 Å². The number of carbonyl (C=O) groups is 1. The second-order valence-electron chi connectivity index (χ2n) is 3.43. The zero-order valence-electron chi connectivity index (χ0n) is 9.49. The molecule has 0 aromatic carbocycles. The zero-order chi connectivity index (χ0) is 11.7. The Morgan fingerprint density at radius 1 is 1.53 bits per heavy atom. The van der Waals surface area contributed by atoms with E-state index >= 15 is 0 Å². The lowest BCUT2D eigenvalue weighted by Crippen LogP contribution is -2.40. The number of ether oxygens (including phenoxy) is 2. The Hall–Kier alpha value is -0.870. The van der Waals surface area contributed by atoms with Crippen LogP contribution in [-0.2, 0) is 14.3 Å². The van der Waals surface area contributed by atoms with Crippen LogP contribution in [0.25, 0.3) is 0 Å². The molecule has 1 N–H and O–H groups in total. The van der Waals surface area contributed by atoms with Gasteiger partial charge in [0.15, 0.2) is 0 Å². The summed E-state index contributed by atoms with van der Waals surface area (Å²) < 4.78 is 9.72. The van der Waals surface area contributed by atoms with Crippen LogP contribution in [0.2, 0.25) is 0 Å². The van der Waals surface area contributed by atoms with Gasteiger partial charge in [-0.2, -0.15) is 0 Å². The van der Waals surface area contributed by atoms with Crippen molar-refractivity contribution in [3.8, 4) is 0 Å². The summed E-state index contributed by atoms with van der Waals surface area (Å²) in [5.41, 5.74) is 0. The quantitative estimate of drug-likeness (QED) is 0.290. The van der Waals surface area contributed by atoms with Gasteiger partial charge in [-0.3, -0.25) is 0 Å². The van der Waals surface area contributed by atoms with Crippen LogP contribution in [0.15, 0.2) is 12.7 Å². The van der Waals surface area contributed by atoms with Gasteiger partial charge in [-0.25, -0.2) is 4.79 Å². The molecule has 1 unspecified atom stereocenters. The van der Waals surface area contributed by atoms with Crippen LogP contribution < -0.4 is 0 Å². The molecule has 0 saturated carbocycles. The molecule has 0 aliphatic rings. The third-order valence-electron chi connectivity index (χ3n) is 1.84. The molecule has 15 heavy (non-hydrogen) atoms. The molecule has 4 nitrogen and oxygen atoms in total. The molecule has 0 aromatic rings. The molecular weight excluding hydrogens is 196 g/mol. The maximum atomic E-state index is 11.2. The van der Waals surface area contributed by atoms with Gasteiger partial charge in [-0.1, -0.05) is 32.4 Å². The van der Waals surface area contributed by atoms with Crippen molar-refractivity contribution >= 4 is 5.97 Å². The SMILES string of the molecule is C=CCOC(=O)C(C)(O)OCCCCC. The lowest BCUT2D eigenvalue weighted by atomic mass is 10.2. The molecule has 0 aliphatic carbocycles. The number of esters is 1. The number of rotatable bonds is 8. The summed E-state index contributed by atoms with van der Waals surface area (Å²) in [7, 11) is 0. The number of hydrogen-bond acceptors (Lipinski definition) is 4. The molecule has 0 radical (unpaired) electrons. The van der Waals surface area contributed by atoms with Gasteiger partial charge < -0.3 is 14.6 Å². The first-order valence-electron chi connectivity index (χ1n) is 5.19. The van der Waals surface area contributed by atoms with Crippen LogP contribution in [0.4, 0.5) is 0 Å². The zero-order valence-corrected chi connectivity index (χ0v) is 9.49. The van der Waals surface area contributed by atoms with Crippen molar-refractivity contribution in [2.45, 2.75) is 38.9 Å². The molecule has 88 valence electrons. The van der Waals surface area contributed by atoms with Crippen molar-refractivity contribution in [3.05, 3.63) is 12.7 Å². The van der Waals surface area contributed by atoms with Crippen molar-refractivity contribution in [3.63, 3.8) is 0 Å². The molecule has 0 aliphatic heterocycles. The molecule has 0 amide bonds. The summed E-state index contributed by atoms with van der Waals surface area (Å²) in [5, 5.41) is 9.58. The fraction of sp³-hybridized carbons (Fsp3) is 0.727. The summed E-state index contributed by atoms with van der Waals surface area (Å²) in [4.78, 5) is 11.2. The number of carbonyl (C=O) groups excluding carboxylic acids is 1. The van der Waals surface area contributed by atoms with E-state index in [9.17, 15) is 9.90 Å². The van der Waals surface area contributed by atoms with Gasteiger partial charge in [0.25, 0.3) is 5.79 Å². The highest BCUT2D eigenvalue weighted by Crippen LogP contribution is 2.09. The van der Waals surface area contributed by atoms with E-state index in [1.807, 2.05) is 0 Å². The van der Waals surface area contributed by atoms with Crippen molar-refractivity contribution < 1.29 is 19.4 Å². The minimum Gasteiger partial charge on any atom is -0.458 e. The van der Waals surface area contributed by atoms with Crippen LogP contribution in [0, 0.1) is 0 Å². The van der Waals surface area contributed by atoms with Crippen LogP contribution in [-0.4, -0.2) is 30.1 Å². The molecule has 0 saturated heterocycles. The van der Waals surface area contributed by atoms with Crippen molar-refractivity contribution in [2.75, 3.05) is 13.2 Å². The molecule has 0 bridgehead atoms. The van der Waals surface area contributed by atoms with Crippen LogP contribution >= 0.6 is 0 Å². The monoisotopic (exact) mass is 216 g/mol. The standard InChI is InChI=1S/C11H20O4/c1-4-6-7-9-15-11(3,13)10(12)14-8-5-2/h5,13H,2,4,6-9H2,1,3H3. The first-order chi connectivity index (χ1) is 7.04. The van der Waals surface area contributed by atoms with E-state index in [0.717, 1.165) is 19.3 Å². The molecule has 1 atom stereocenters. The Morgan fingerprint density at radius 3 is 2.73 bits per heavy atom. The Labute approximate surface area is 90.9 Å². The molecule has 0 aromatic heterocycles. The minimum absolute atomic E-state index is 0.0767. The van der Waals surface area contributed by atoms with Gasteiger partial charge in [0.1, 0.15) is 6.61 Å². The van der Waals surface area contributed by atoms with Gasteiger partial charge in [0.2, 0.25) is 0 Å². The number of aliphatic hydroxyl groups is 1. The van der Waals surface area contributed by atoms with E-state index < -0.39 is 11.8 Å². The smallest absolute Gasteiger partial charge is 0.366 e. The summed E-state index contributed by atoms with van der Waals surface area (Å²) in [5.74, 6) is -2.63. The van der Waals surface area contributed by atoms with E-state index in [0.29, 0.717) is 6.61 Å². The second kappa shape index (κ2) is 7.43. The molecule has 0 heterocycles. The number of unbranched alkanes of at least 4 members (excludes halogenated alkanes) is 2. The summed E-state index contributed by atoms with van der Waals surface area (Å²) in [6, 6.07) is 0. The van der Waals surface area contributed by atoms with Gasteiger partial charge in [0.05, 0.1) is 6.61 Å². The lowest BCUT2D eigenvalue weighted by molar-refractivity contribution is -0.220. The fourth-order valence-electron chi connectivity index (χ4n) is 0.950. The molecule has 0 rings (SSSR count). The van der Waals surface area contributed by atoms with Gasteiger partial charge >= 0.3 is 5.97 Å². The summed E-state index contributed by atoms with van der Waals surface area (Å²) in [6.45, 7) is 7.18. The first-order valence-corrected chi connectivity index (χ1v) is 5.19. The maximum absolute atomic E-state index is 11.2. The third kappa shape index (κ3) is 6.25. The highest BCUT2D eigenvalue weighted by Gasteiger charge is 2.32. The van der Waals surface area contributed by atoms with Crippen molar-refractivity contribution in [2.24, 2.45) is 0 Å². The van der Waals surface area contributed by atoms with E-state index in [2.05, 4.69) is 18.2 Å². The largest absolute Gasteiger partial charge is 0.458 e. The highest BCUT2D eigenvalue weighted by atomic mass is 16.7. The Balaban J connectivity index is 3.82. The summed E-state index contributed by atoms with van der Waals surface area (Å²) >= 11 is 0. The van der Waals surface area contributed by atoms with E-state index in [1.165, 1.54) is 13.0 Å². The Bertz CT molecular complexity index is 199. The van der Waals surface area contributed by atoms with E-state index in [-0.39, 0.29) is 6.61 Å². The average Bonchev–Trinajstić information content (AvgIpc) is 2.21. The molecule has 0 spiro atoms. The third-order valence-corrected chi connectivity index (χ3v) is 1.84. The van der Waals surface area contributed by atoms with Gasteiger partial charge in [-0.15, -0.1) is 0 Å². The second-order valence-corrected chi connectivity index (χ2v) is 3.43. The van der Waals surface area contributed by atoms with Crippen LogP contribution in [0.3, 0.4) is 0 Å². The average molecular weight is 216 g/mol. The molecular formula is C11H20O4. The van der Waals surface area contributed by atoms with Gasteiger partial charge in [0, 0.05) is 6.92 Å². The molecule has 4 heteroatoms. The summed E-state index contributed by atoms with van der Waals surface area (Å²) in [6.07, 6.45) is 4.33. The Morgan fingerprint density at radius 2 is 2.20 bits per heavy atom. The van der Waals surface area contributed by atoms with E-state index in [1.54, 1.807) is 0 Å². The van der Waals surface area contributed by atoms with Gasteiger partial charge in [-0.05, 0) is 6.42 Å². The fourth-order valence-corrected chi connectivity index (χ4v) is 0.950. The lowest BCUT2D eigenvalue weighted by Gasteiger charge is -2.21. The first kappa shape index (κ1) is 14.1.